The van der Waals surface area contributed by atoms with Gasteiger partial charge in [-0.3, -0.25) is 9.59 Å². The molecule has 1 aliphatic heterocycles. The van der Waals surface area contributed by atoms with Gasteiger partial charge in [-0.15, -0.1) is 0 Å². The third-order valence-electron chi connectivity index (χ3n) is 3.74. The van der Waals surface area contributed by atoms with Crippen LogP contribution in [0, 0.1) is 0 Å². The highest BCUT2D eigenvalue weighted by atomic mass is 16.1. The van der Waals surface area contributed by atoms with E-state index in [1.165, 1.54) is 6.07 Å². The molecule has 3 aliphatic rings. The second-order valence-electron chi connectivity index (χ2n) is 5.22. The molecule has 0 spiro atoms. The molecule has 4 nitrogen and oxygen atoms in total. The lowest BCUT2D eigenvalue weighted by Crippen LogP contribution is -2.41. The number of hydrogen-bond donors (Lipinski definition) is 0. The quantitative estimate of drug-likeness (QED) is 0.667. The Hall–Kier alpha value is -3.01. The Morgan fingerprint density at radius 2 is 1.82 bits per heavy atom. The zero-order chi connectivity index (χ0) is 15.1. The van der Waals surface area contributed by atoms with Crippen molar-refractivity contribution in [1.29, 1.82) is 0 Å². The summed E-state index contributed by atoms with van der Waals surface area (Å²) in [7, 11) is 0. The maximum Gasteiger partial charge on any atom is 0.180 e. The number of para-hydroxylation sites is 1. The fourth-order valence-electron chi connectivity index (χ4n) is 2.76. The van der Waals surface area contributed by atoms with Gasteiger partial charge in [-0.25, -0.2) is 4.98 Å². The monoisotopic (exact) mass is 288 g/mol. The second-order valence-corrected chi connectivity index (χ2v) is 5.22. The molecule has 2 aliphatic carbocycles. The minimum Gasteiger partial charge on any atom is -0.306 e. The van der Waals surface area contributed by atoms with E-state index in [1.54, 1.807) is 18.2 Å². The molecule has 22 heavy (non-hydrogen) atoms. The van der Waals surface area contributed by atoms with Crippen LogP contribution in [-0.4, -0.2) is 15.3 Å². The zero-order valence-corrected chi connectivity index (χ0v) is 11.7. The van der Waals surface area contributed by atoms with Crippen LogP contribution >= 0.6 is 0 Å². The summed E-state index contributed by atoms with van der Waals surface area (Å²) in [4.78, 5) is 28.2. The number of nitrogens with zero attached hydrogens (tertiary/aromatic N) is 2. The Bertz CT molecular complexity index is 1030. The molecule has 1 aromatic rings. The van der Waals surface area contributed by atoms with E-state index < -0.39 is 0 Å². The van der Waals surface area contributed by atoms with E-state index in [1.807, 2.05) is 41.0 Å². The van der Waals surface area contributed by atoms with Gasteiger partial charge in [0.25, 0.3) is 0 Å². The van der Waals surface area contributed by atoms with Crippen LogP contribution in [0.4, 0.5) is 0 Å². The number of rotatable bonds is 1. The molecule has 1 heterocycles. The molecule has 0 N–H and O–H groups in total. The maximum atomic E-state index is 11.8. The van der Waals surface area contributed by atoms with Gasteiger partial charge < -0.3 is 4.57 Å². The first-order valence-corrected chi connectivity index (χ1v) is 7.05. The maximum absolute atomic E-state index is 11.8. The van der Waals surface area contributed by atoms with Crippen LogP contribution in [-0.2, 0) is 4.79 Å². The molecule has 0 fully saturated rings. The minimum atomic E-state index is -0.0787. The molecule has 0 amide bonds. The van der Waals surface area contributed by atoms with Crippen LogP contribution in [0.1, 0.15) is 6.42 Å². The standard InChI is InChI=1S/C18H12N2O2/c21-13-6-8-15-17(10-13)20(12-4-2-1-3-5-12)18-11-14(22)7-9-16(18)19-15/h1-6,8-11H,7H2. The Kier molecular flexibility index (Phi) is 2.76. The zero-order valence-electron chi connectivity index (χ0n) is 11.7. The number of carbonyl (C=O) groups excluding carboxylic acids is 1. The molecule has 0 saturated heterocycles. The van der Waals surface area contributed by atoms with E-state index in [9.17, 15) is 9.59 Å². The van der Waals surface area contributed by atoms with Crippen molar-refractivity contribution in [2.45, 2.75) is 6.42 Å². The van der Waals surface area contributed by atoms with Crippen molar-refractivity contribution >= 4 is 17.9 Å². The number of hydrogen-bond acceptors (Lipinski definition) is 3. The number of benzene rings is 2. The van der Waals surface area contributed by atoms with Crippen LogP contribution < -0.4 is 16.1 Å². The van der Waals surface area contributed by atoms with Crippen LogP contribution in [0.2, 0.25) is 0 Å². The fraction of sp³-hybridized carbons (Fsp3) is 0.0556. The van der Waals surface area contributed by atoms with Crippen molar-refractivity contribution in [2.24, 2.45) is 0 Å². The summed E-state index contributed by atoms with van der Waals surface area (Å²) in [5.41, 5.74) is 2.26. The summed E-state index contributed by atoms with van der Waals surface area (Å²) in [5.74, 6) is 0.0385. The molecular formula is C18H12N2O2. The lowest BCUT2D eigenvalue weighted by molar-refractivity contribution is -0.112. The Morgan fingerprint density at radius 3 is 2.64 bits per heavy atom. The summed E-state index contributed by atoms with van der Waals surface area (Å²) in [6, 6.07) is 14.5. The Morgan fingerprint density at radius 1 is 1.00 bits per heavy atom. The molecule has 0 aromatic heterocycles. The molecule has 106 valence electrons. The highest BCUT2D eigenvalue weighted by Crippen LogP contribution is 2.17. The van der Waals surface area contributed by atoms with E-state index >= 15 is 0 Å². The smallest absolute Gasteiger partial charge is 0.180 e. The average molecular weight is 288 g/mol. The predicted molar refractivity (Wildman–Crippen MR) is 84.3 cm³/mol. The van der Waals surface area contributed by atoms with Crippen molar-refractivity contribution in [2.75, 3.05) is 0 Å². The van der Waals surface area contributed by atoms with Gasteiger partial charge in [0, 0.05) is 24.3 Å². The van der Waals surface area contributed by atoms with Gasteiger partial charge in [0.1, 0.15) is 0 Å². The molecule has 0 saturated carbocycles. The van der Waals surface area contributed by atoms with Gasteiger partial charge in [0.05, 0.1) is 22.1 Å². The molecule has 0 unspecified atom stereocenters. The van der Waals surface area contributed by atoms with E-state index in [0.717, 1.165) is 22.1 Å². The highest BCUT2D eigenvalue weighted by molar-refractivity contribution is 6.09. The van der Waals surface area contributed by atoms with Gasteiger partial charge in [-0.1, -0.05) is 18.2 Å². The first-order chi connectivity index (χ1) is 10.7. The van der Waals surface area contributed by atoms with E-state index in [-0.39, 0.29) is 11.2 Å². The van der Waals surface area contributed by atoms with Gasteiger partial charge in [0.15, 0.2) is 11.2 Å². The Balaban J connectivity index is 2.25. The van der Waals surface area contributed by atoms with Crippen molar-refractivity contribution < 1.29 is 4.79 Å². The van der Waals surface area contributed by atoms with E-state index in [0.29, 0.717) is 12.1 Å². The van der Waals surface area contributed by atoms with E-state index in [4.69, 9.17) is 0 Å². The molecule has 4 heteroatoms. The van der Waals surface area contributed by atoms with Crippen molar-refractivity contribution in [3.63, 3.8) is 0 Å². The Labute approximate surface area is 126 Å². The number of ketones is 1. The average Bonchev–Trinajstić information content (AvgIpc) is 2.54. The highest BCUT2D eigenvalue weighted by Gasteiger charge is 2.15. The molecule has 0 radical (unpaired) electrons. The van der Waals surface area contributed by atoms with Crippen molar-refractivity contribution in [1.82, 2.24) is 9.55 Å². The number of aromatic nitrogens is 2. The summed E-state index contributed by atoms with van der Waals surface area (Å²) >= 11 is 0. The predicted octanol–water partition coefficient (Wildman–Crippen LogP) is 0.871. The van der Waals surface area contributed by atoms with Crippen LogP contribution in [0.25, 0.3) is 29.2 Å². The number of Topliss-reactive ketones (excluding diaryl/α,β-unsaturated/α-hetero) is 1. The van der Waals surface area contributed by atoms with Crippen molar-refractivity contribution in [3.8, 4) is 17.1 Å². The molecule has 1 aromatic carbocycles. The van der Waals surface area contributed by atoms with Crippen LogP contribution in [0.5, 0.6) is 0 Å². The van der Waals surface area contributed by atoms with E-state index in [2.05, 4.69) is 4.98 Å². The fourth-order valence-corrected chi connectivity index (χ4v) is 2.76. The number of carbonyl (C=O) groups is 1. The first kappa shape index (κ1) is 12.7. The van der Waals surface area contributed by atoms with Crippen LogP contribution in [0.15, 0.2) is 53.3 Å². The van der Waals surface area contributed by atoms with Gasteiger partial charge in [-0.05, 0) is 30.3 Å². The number of fused-ring (bicyclic) bond motifs is 2. The third kappa shape index (κ3) is 1.97. The first-order valence-electron chi connectivity index (χ1n) is 7.05. The van der Waals surface area contributed by atoms with Gasteiger partial charge in [0.2, 0.25) is 0 Å². The third-order valence-corrected chi connectivity index (χ3v) is 3.74. The summed E-state index contributed by atoms with van der Waals surface area (Å²) in [6.45, 7) is 0. The van der Waals surface area contributed by atoms with Crippen molar-refractivity contribution in [3.05, 3.63) is 69.5 Å². The largest absolute Gasteiger partial charge is 0.306 e. The summed E-state index contributed by atoms with van der Waals surface area (Å²) < 4.78 is 1.92. The summed E-state index contributed by atoms with van der Waals surface area (Å²) in [5, 5.41) is 1.50. The molecule has 0 atom stereocenters. The van der Waals surface area contributed by atoms with Crippen LogP contribution in [0.3, 0.4) is 0 Å². The second kappa shape index (κ2) is 4.77. The molecular weight excluding hydrogens is 276 g/mol. The lowest BCUT2D eigenvalue weighted by atomic mass is 10.1. The molecule has 4 rings (SSSR count). The van der Waals surface area contributed by atoms with Gasteiger partial charge in [-0.2, -0.15) is 0 Å². The minimum absolute atomic E-state index is 0.0385. The topological polar surface area (TPSA) is 52.0 Å². The normalized spacial score (nSPS) is 13.4. The SMILES string of the molecule is O=C1C=c2c(nc3ccc(=O)cc-3n2-c2ccccc2)=CC1. The lowest BCUT2D eigenvalue weighted by Gasteiger charge is -2.17. The molecule has 0 bridgehead atoms. The summed E-state index contributed by atoms with van der Waals surface area (Å²) in [6.07, 6.45) is 3.80. The van der Waals surface area contributed by atoms with Gasteiger partial charge >= 0.3 is 0 Å².